The minimum absolute atomic E-state index is 0.00893. The summed E-state index contributed by atoms with van der Waals surface area (Å²) in [7, 11) is 1.22. The molecule has 1 aliphatic heterocycles. The van der Waals surface area contributed by atoms with E-state index in [1.807, 2.05) is 0 Å². The molecule has 1 aliphatic rings. The number of carboxylic acids is 1. The topological polar surface area (TPSA) is 120 Å². The third-order valence-corrected chi connectivity index (χ3v) is 6.61. The van der Waals surface area contributed by atoms with E-state index in [1.54, 1.807) is 0 Å². The second kappa shape index (κ2) is 8.75. The van der Waals surface area contributed by atoms with Gasteiger partial charge in [-0.2, -0.15) is 0 Å². The van der Waals surface area contributed by atoms with Gasteiger partial charge in [0.05, 0.1) is 35.9 Å². The molecule has 2 aromatic carbocycles. The number of nitrogens with one attached hydrogen (secondary N) is 1. The molecule has 3 heterocycles. The van der Waals surface area contributed by atoms with Crippen molar-refractivity contribution in [3.63, 3.8) is 0 Å². The average molecular weight is 520 g/mol. The molecule has 9 nitrogen and oxygen atoms in total. The van der Waals surface area contributed by atoms with E-state index < -0.39 is 46.5 Å². The zero-order chi connectivity index (χ0) is 25.7. The highest BCUT2D eigenvalue weighted by molar-refractivity contribution is 7.13. The zero-order valence-electron chi connectivity index (χ0n) is 18.3. The first-order valence-corrected chi connectivity index (χ1v) is 11.2. The van der Waals surface area contributed by atoms with E-state index in [4.69, 9.17) is 14.2 Å². The van der Waals surface area contributed by atoms with Gasteiger partial charge in [-0.05, 0) is 12.1 Å². The maximum absolute atomic E-state index is 15.1. The van der Waals surface area contributed by atoms with Crippen molar-refractivity contribution in [2.75, 3.05) is 13.7 Å². The number of H-pyrrole nitrogens is 1. The van der Waals surface area contributed by atoms with Gasteiger partial charge in [0.1, 0.15) is 16.7 Å². The highest BCUT2D eigenvalue weighted by atomic mass is 32.1. The molecule has 0 fully saturated rings. The lowest BCUT2D eigenvalue weighted by molar-refractivity contribution is 0.0704. The van der Waals surface area contributed by atoms with Gasteiger partial charge in [0, 0.05) is 23.9 Å². The van der Waals surface area contributed by atoms with Gasteiger partial charge in [-0.3, -0.25) is 4.79 Å². The second-order valence-corrected chi connectivity index (χ2v) is 8.58. The van der Waals surface area contributed by atoms with Gasteiger partial charge in [0.2, 0.25) is 0 Å². The molecule has 36 heavy (non-hydrogen) atoms. The first kappa shape index (κ1) is 23.5. The molecule has 0 aliphatic carbocycles. The quantitative estimate of drug-likeness (QED) is 0.411. The fourth-order valence-corrected chi connectivity index (χ4v) is 4.86. The molecule has 2 N–H and O–H groups in total. The normalized spacial score (nSPS) is 14.8. The monoisotopic (exact) mass is 520 g/mol. The summed E-state index contributed by atoms with van der Waals surface area (Å²) < 4.78 is 60.4. The highest BCUT2D eigenvalue weighted by Gasteiger charge is 2.30. The number of halogens is 3. The summed E-state index contributed by atoms with van der Waals surface area (Å²) in [5.74, 6) is -4.98. The number of thiophene rings is 1. The van der Waals surface area contributed by atoms with Gasteiger partial charge in [-0.15, -0.1) is 11.3 Å². The van der Waals surface area contributed by atoms with Crippen LogP contribution in [-0.2, 0) is 0 Å². The standard InChI is InChI=1S/C23H15F3N2O7S/c1-33-15-6-10(25)12(28-21(29)17-11(27-23(28)32)8-36-20(17)22(30)31)7-16(15)35-14-4-5-34-13-3-2-9(24)19(26)18(13)14/h2-3,6-8,14H,4-5H2,1H3,(H,27,32)(H,30,31)/t14-/m0/s1. The van der Waals surface area contributed by atoms with Crippen LogP contribution >= 0.6 is 11.3 Å². The van der Waals surface area contributed by atoms with E-state index >= 15 is 4.39 Å². The van der Waals surface area contributed by atoms with Gasteiger partial charge in [-0.25, -0.2) is 27.3 Å². The number of carboxylic acid groups (broad SMARTS) is 1. The maximum Gasteiger partial charge on any atom is 0.346 e. The summed E-state index contributed by atoms with van der Waals surface area (Å²) in [6.45, 7) is 0.116. The van der Waals surface area contributed by atoms with Crippen molar-refractivity contribution >= 4 is 28.2 Å². The molecule has 2 aromatic heterocycles. The molecule has 186 valence electrons. The lowest BCUT2D eigenvalue weighted by atomic mass is 10.0. The summed E-state index contributed by atoms with van der Waals surface area (Å²) in [5.41, 5.74) is -2.84. The van der Waals surface area contributed by atoms with Gasteiger partial charge >= 0.3 is 11.7 Å². The largest absolute Gasteiger partial charge is 0.493 e. The molecule has 0 spiro atoms. The molecule has 0 bridgehead atoms. The summed E-state index contributed by atoms with van der Waals surface area (Å²) >= 11 is 0.731. The Morgan fingerprint density at radius 2 is 1.97 bits per heavy atom. The Labute approximate surface area is 202 Å². The fourth-order valence-electron chi connectivity index (χ4n) is 4.03. The van der Waals surface area contributed by atoms with Crippen LogP contribution in [0, 0.1) is 17.5 Å². The molecule has 0 saturated carbocycles. The number of aromatic carboxylic acids is 1. The Balaban J connectivity index is 1.67. The van der Waals surface area contributed by atoms with Crippen molar-refractivity contribution in [3.8, 4) is 22.9 Å². The van der Waals surface area contributed by atoms with E-state index in [-0.39, 0.29) is 51.6 Å². The van der Waals surface area contributed by atoms with Crippen LogP contribution in [0.3, 0.4) is 0 Å². The van der Waals surface area contributed by atoms with Crippen molar-refractivity contribution in [3.05, 3.63) is 78.4 Å². The number of aromatic nitrogens is 2. The molecular formula is C23H15F3N2O7S. The van der Waals surface area contributed by atoms with Crippen molar-refractivity contribution < 1.29 is 37.3 Å². The van der Waals surface area contributed by atoms with Gasteiger partial charge in [0.15, 0.2) is 29.0 Å². The average Bonchev–Trinajstić information content (AvgIpc) is 3.27. The number of hydrogen-bond acceptors (Lipinski definition) is 7. The van der Waals surface area contributed by atoms with Crippen LogP contribution in [0.5, 0.6) is 17.2 Å². The van der Waals surface area contributed by atoms with E-state index in [1.165, 1.54) is 18.6 Å². The lowest BCUT2D eigenvalue weighted by Gasteiger charge is -2.28. The van der Waals surface area contributed by atoms with Crippen molar-refractivity contribution in [2.24, 2.45) is 0 Å². The van der Waals surface area contributed by atoms with Crippen molar-refractivity contribution in [1.82, 2.24) is 9.55 Å². The predicted molar refractivity (Wildman–Crippen MR) is 121 cm³/mol. The summed E-state index contributed by atoms with van der Waals surface area (Å²) in [6.07, 6.45) is -0.961. The van der Waals surface area contributed by atoms with Gasteiger partial charge in [-0.1, -0.05) is 0 Å². The zero-order valence-corrected chi connectivity index (χ0v) is 19.1. The van der Waals surface area contributed by atoms with Crippen LogP contribution in [0.1, 0.15) is 27.8 Å². The Bertz CT molecular complexity index is 1660. The summed E-state index contributed by atoms with van der Waals surface area (Å²) in [6, 6.07) is 4.02. The maximum atomic E-state index is 15.1. The van der Waals surface area contributed by atoms with Crippen LogP contribution < -0.4 is 25.5 Å². The Morgan fingerprint density at radius 1 is 1.19 bits per heavy atom. The number of rotatable bonds is 5. The number of hydrogen-bond donors (Lipinski definition) is 2. The van der Waals surface area contributed by atoms with E-state index in [0.717, 1.165) is 29.5 Å². The number of nitrogens with zero attached hydrogens (tertiary/aromatic N) is 1. The highest BCUT2D eigenvalue weighted by Crippen LogP contribution is 2.41. The number of ether oxygens (including phenoxy) is 3. The first-order valence-electron chi connectivity index (χ1n) is 10.4. The van der Waals surface area contributed by atoms with E-state index in [0.29, 0.717) is 4.57 Å². The van der Waals surface area contributed by atoms with Gasteiger partial charge in [0.25, 0.3) is 5.56 Å². The van der Waals surface area contributed by atoms with Crippen LogP contribution in [0.4, 0.5) is 13.2 Å². The molecule has 4 aromatic rings. The molecule has 0 saturated heterocycles. The number of fused-ring (bicyclic) bond motifs is 2. The predicted octanol–water partition coefficient (Wildman–Crippen LogP) is 3.77. The molecule has 5 rings (SSSR count). The van der Waals surface area contributed by atoms with E-state index in [9.17, 15) is 28.3 Å². The molecule has 0 radical (unpaired) electrons. The SMILES string of the molecule is COc1cc(F)c(-n2c(=O)[nH]c3csc(C(=O)O)c3c2=O)cc1O[C@H]1CCOc2ccc(F)c(F)c21. The number of aromatic amines is 1. The summed E-state index contributed by atoms with van der Waals surface area (Å²) in [5, 5.41) is 10.4. The first-order chi connectivity index (χ1) is 17.2. The Morgan fingerprint density at radius 3 is 2.69 bits per heavy atom. The third-order valence-electron chi connectivity index (χ3n) is 5.64. The van der Waals surface area contributed by atoms with Crippen LogP contribution in [0.2, 0.25) is 0 Å². The van der Waals surface area contributed by atoms with Crippen molar-refractivity contribution in [2.45, 2.75) is 12.5 Å². The smallest absolute Gasteiger partial charge is 0.346 e. The van der Waals surface area contributed by atoms with Crippen LogP contribution in [0.15, 0.2) is 39.2 Å². The van der Waals surface area contributed by atoms with Crippen LogP contribution in [0.25, 0.3) is 16.6 Å². The third kappa shape index (κ3) is 3.68. The molecule has 1 atom stereocenters. The summed E-state index contributed by atoms with van der Waals surface area (Å²) in [4.78, 5) is 39.4. The lowest BCUT2D eigenvalue weighted by Crippen LogP contribution is -2.34. The second-order valence-electron chi connectivity index (χ2n) is 7.70. The van der Waals surface area contributed by atoms with Crippen LogP contribution in [-0.4, -0.2) is 34.3 Å². The van der Waals surface area contributed by atoms with Gasteiger partial charge < -0.3 is 24.3 Å². The number of carbonyl (C=O) groups is 1. The van der Waals surface area contributed by atoms with E-state index in [2.05, 4.69) is 4.98 Å². The minimum atomic E-state index is -1.39. The number of methoxy groups -OCH3 is 1. The van der Waals surface area contributed by atoms with Crippen molar-refractivity contribution in [1.29, 1.82) is 0 Å². The number of benzene rings is 2. The fraction of sp³-hybridized carbons (Fsp3) is 0.174. The Kier molecular flexibility index (Phi) is 5.71. The molecule has 0 amide bonds. The molecular weight excluding hydrogens is 505 g/mol. The Hall–Kier alpha value is -4.26. The molecule has 0 unspecified atom stereocenters. The minimum Gasteiger partial charge on any atom is -0.493 e. The molecule has 13 heteroatoms.